The van der Waals surface area contributed by atoms with E-state index in [4.69, 9.17) is 5.11 Å². The Hall–Kier alpha value is -2.07. The van der Waals surface area contributed by atoms with Crippen LogP contribution in [-0.2, 0) is 14.8 Å². The second-order valence-electron chi connectivity index (χ2n) is 8.20. The number of alkyl halides is 17. The Labute approximate surface area is 219 Å². The summed E-state index contributed by atoms with van der Waals surface area (Å²) in [7, 11) is -7.43. The zero-order valence-corrected chi connectivity index (χ0v) is 20.9. The molecule has 0 bridgehead atoms. The summed E-state index contributed by atoms with van der Waals surface area (Å²) in [6.07, 6.45) is -9.01. The standard InChI is InChI=1S/C18H18F17NO4S/c1-3-4-7-36(8-5-6-9(2)10(37)38)41(39,40)18(34,35)16(29,30)14(25,26)12(21,22)11(19,20)13(23,24)15(27,28)17(31,32)33/h6H,3-5,7-8H2,1-2H3,(H,37,38). The Kier molecular flexibility index (Phi) is 11.0. The first kappa shape index (κ1) is 38.9. The first-order valence-corrected chi connectivity index (χ1v) is 11.8. The third kappa shape index (κ3) is 6.05. The maximum atomic E-state index is 14.4. The smallest absolute Gasteiger partial charge is 0.460 e. The molecule has 0 aliphatic carbocycles. The molecule has 0 aromatic carbocycles. The van der Waals surface area contributed by atoms with Gasteiger partial charge in [-0.15, -0.1) is 0 Å². The molecule has 0 aliphatic rings. The van der Waals surface area contributed by atoms with Crippen molar-refractivity contribution < 1.29 is 93.0 Å². The second kappa shape index (κ2) is 11.5. The van der Waals surface area contributed by atoms with Crippen LogP contribution in [0.5, 0.6) is 0 Å². The highest BCUT2D eigenvalue weighted by molar-refractivity contribution is 7.90. The summed E-state index contributed by atoms with van der Waals surface area (Å²) in [4.78, 5) is 10.7. The van der Waals surface area contributed by atoms with Crippen LogP contribution in [0.4, 0.5) is 74.6 Å². The lowest BCUT2D eigenvalue weighted by molar-refractivity contribution is -0.458. The van der Waals surface area contributed by atoms with Crippen LogP contribution in [0.25, 0.3) is 0 Å². The number of unbranched alkanes of at least 4 members (excludes halogenated alkanes) is 1. The number of sulfonamides is 1. The molecule has 41 heavy (non-hydrogen) atoms. The molecule has 23 heteroatoms. The first-order valence-electron chi connectivity index (χ1n) is 10.4. The molecule has 0 saturated heterocycles. The Balaban J connectivity index is 6.98. The van der Waals surface area contributed by atoms with E-state index in [1.807, 2.05) is 0 Å². The molecule has 0 unspecified atom stereocenters. The zero-order chi connectivity index (χ0) is 33.5. The molecule has 0 radical (unpaired) electrons. The topological polar surface area (TPSA) is 74.7 Å². The predicted octanol–water partition coefficient (Wildman–Crippen LogP) is 6.81. The van der Waals surface area contributed by atoms with Crippen LogP contribution in [0, 0.1) is 0 Å². The lowest BCUT2D eigenvalue weighted by Crippen LogP contribution is -2.75. The fourth-order valence-corrected chi connectivity index (χ4v) is 4.16. The Morgan fingerprint density at radius 1 is 0.683 bits per heavy atom. The summed E-state index contributed by atoms with van der Waals surface area (Å²) in [5.41, 5.74) is -0.611. The van der Waals surface area contributed by atoms with Gasteiger partial charge in [0.25, 0.3) is 10.0 Å². The van der Waals surface area contributed by atoms with E-state index in [1.54, 1.807) is 0 Å². The van der Waals surface area contributed by atoms with Gasteiger partial charge in [-0.25, -0.2) is 13.2 Å². The average molecular weight is 667 g/mol. The minimum absolute atomic E-state index is 0.166. The van der Waals surface area contributed by atoms with Crippen LogP contribution in [0.15, 0.2) is 11.6 Å². The van der Waals surface area contributed by atoms with E-state index in [9.17, 15) is 87.8 Å². The third-order valence-corrected chi connectivity index (χ3v) is 7.23. The number of hydrogen-bond acceptors (Lipinski definition) is 3. The van der Waals surface area contributed by atoms with Gasteiger partial charge in [0.2, 0.25) is 0 Å². The molecular formula is C18H18F17NO4S. The molecule has 5 nitrogen and oxygen atoms in total. The summed E-state index contributed by atoms with van der Waals surface area (Å²) < 4.78 is 252. The van der Waals surface area contributed by atoms with Crippen LogP contribution in [-0.4, -0.2) is 83.9 Å². The Morgan fingerprint density at radius 2 is 1.05 bits per heavy atom. The molecule has 244 valence electrons. The van der Waals surface area contributed by atoms with Crippen LogP contribution >= 0.6 is 0 Å². The molecule has 0 aromatic heterocycles. The zero-order valence-electron chi connectivity index (χ0n) is 20.1. The summed E-state index contributed by atoms with van der Waals surface area (Å²) in [6, 6.07) is 0. The van der Waals surface area contributed by atoms with Gasteiger partial charge in [-0.05, 0) is 19.8 Å². The van der Waals surface area contributed by atoms with E-state index in [2.05, 4.69) is 0 Å². The average Bonchev–Trinajstić information content (AvgIpc) is 2.78. The lowest BCUT2D eigenvalue weighted by Gasteiger charge is -2.43. The first-order chi connectivity index (χ1) is 17.8. The van der Waals surface area contributed by atoms with Gasteiger partial charge in [0.15, 0.2) is 0 Å². The molecule has 0 spiro atoms. The van der Waals surface area contributed by atoms with Crippen molar-refractivity contribution >= 4 is 16.0 Å². The highest BCUT2D eigenvalue weighted by atomic mass is 32.2. The van der Waals surface area contributed by atoms with Crippen molar-refractivity contribution in [3.05, 3.63) is 11.6 Å². The number of hydrogen-bond donors (Lipinski definition) is 1. The molecule has 1 N–H and O–H groups in total. The summed E-state index contributed by atoms with van der Waals surface area (Å²) in [5.74, 6) is -53.7. The molecule has 0 saturated carbocycles. The normalized spacial score (nSPS) is 16.0. The number of aliphatic carboxylic acids is 1. The van der Waals surface area contributed by atoms with Crippen LogP contribution < -0.4 is 0 Å². The molecule has 0 heterocycles. The number of nitrogens with zero attached hydrogens (tertiary/aromatic N) is 1. The molecule has 0 fully saturated rings. The SMILES string of the molecule is CCCCN(CCC=C(C)C(=O)O)S(=O)(=O)C(F)(F)C(F)(F)C(F)(F)C(F)(F)C(F)(F)C(F)(F)C(F)(F)C(F)(F)F. The quantitative estimate of drug-likeness (QED) is 0.154. The highest BCUT2D eigenvalue weighted by Gasteiger charge is 2.96. The minimum Gasteiger partial charge on any atom is -0.478 e. The number of carboxylic acid groups (broad SMARTS) is 1. The minimum atomic E-state index is -8.91. The van der Waals surface area contributed by atoms with Crippen LogP contribution in [0.1, 0.15) is 33.1 Å². The number of halogens is 17. The van der Waals surface area contributed by atoms with E-state index >= 15 is 0 Å². The molecule has 0 rings (SSSR count). The third-order valence-electron chi connectivity index (χ3n) is 5.28. The largest absolute Gasteiger partial charge is 0.478 e. The van der Waals surface area contributed by atoms with Crippen LogP contribution in [0.3, 0.4) is 0 Å². The van der Waals surface area contributed by atoms with Crippen molar-refractivity contribution in [1.29, 1.82) is 0 Å². The summed E-state index contributed by atoms with van der Waals surface area (Å²) >= 11 is 0. The van der Waals surface area contributed by atoms with Gasteiger partial charge < -0.3 is 5.11 Å². The lowest BCUT2D eigenvalue weighted by atomic mass is 9.91. The van der Waals surface area contributed by atoms with Crippen molar-refractivity contribution in [3.8, 4) is 0 Å². The molecule has 0 atom stereocenters. The van der Waals surface area contributed by atoms with Gasteiger partial charge in [0, 0.05) is 18.7 Å². The molecule has 0 aromatic rings. The van der Waals surface area contributed by atoms with Gasteiger partial charge in [-0.2, -0.15) is 78.9 Å². The predicted molar refractivity (Wildman–Crippen MR) is 102 cm³/mol. The second-order valence-corrected chi connectivity index (χ2v) is 10.2. The van der Waals surface area contributed by atoms with E-state index in [0.29, 0.717) is 6.08 Å². The molecule has 0 aliphatic heterocycles. The molecular weight excluding hydrogens is 649 g/mol. The van der Waals surface area contributed by atoms with Crippen molar-refractivity contribution in [2.75, 3.05) is 13.1 Å². The fraction of sp³-hybridized carbons (Fsp3) is 0.833. The van der Waals surface area contributed by atoms with Crippen LogP contribution in [0.2, 0.25) is 0 Å². The van der Waals surface area contributed by atoms with Crippen molar-refractivity contribution in [2.24, 2.45) is 0 Å². The van der Waals surface area contributed by atoms with Gasteiger partial charge in [-0.3, -0.25) is 0 Å². The van der Waals surface area contributed by atoms with Crippen molar-refractivity contribution in [3.63, 3.8) is 0 Å². The summed E-state index contributed by atoms with van der Waals surface area (Å²) in [5, 5.41) is 1.02. The maximum Gasteiger partial charge on any atom is 0.460 e. The number of carboxylic acids is 1. The monoisotopic (exact) mass is 667 g/mol. The van der Waals surface area contributed by atoms with Crippen molar-refractivity contribution in [1.82, 2.24) is 4.31 Å². The maximum absolute atomic E-state index is 14.4. The van der Waals surface area contributed by atoms with E-state index < -0.39 is 98.8 Å². The van der Waals surface area contributed by atoms with Gasteiger partial charge in [-0.1, -0.05) is 19.4 Å². The van der Waals surface area contributed by atoms with E-state index in [-0.39, 0.29) is 6.42 Å². The fourth-order valence-electron chi connectivity index (χ4n) is 2.67. The highest BCUT2D eigenvalue weighted by Crippen LogP contribution is 2.64. The Bertz CT molecular complexity index is 1080. The molecule has 0 amide bonds. The van der Waals surface area contributed by atoms with E-state index in [1.165, 1.54) is 6.92 Å². The van der Waals surface area contributed by atoms with Gasteiger partial charge in [0.1, 0.15) is 0 Å². The van der Waals surface area contributed by atoms with Gasteiger partial charge in [0.05, 0.1) is 0 Å². The number of carbonyl (C=O) groups is 1. The van der Waals surface area contributed by atoms with E-state index in [0.717, 1.165) is 6.92 Å². The Morgan fingerprint density at radius 3 is 1.39 bits per heavy atom. The summed E-state index contributed by atoms with van der Waals surface area (Å²) in [6.45, 7) is -0.721. The van der Waals surface area contributed by atoms with Crippen molar-refractivity contribution in [2.45, 2.75) is 80.1 Å². The van der Waals surface area contributed by atoms with Gasteiger partial charge >= 0.3 is 52.9 Å². The number of rotatable bonds is 15.